The van der Waals surface area contributed by atoms with Gasteiger partial charge in [-0.25, -0.2) is 0 Å². The topological polar surface area (TPSA) is 42.3 Å². The lowest BCUT2D eigenvalue weighted by Crippen LogP contribution is -2.22. The van der Waals surface area contributed by atoms with E-state index in [0.717, 1.165) is 39.3 Å². The van der Waals surface area contributed by atoms with E-state index < -0.39 is 0 Å². The average Bonchev–Trinajstić information content (AvgIpc) is 2.92. The number of nitrogens with zero attached hydrogens (tertiary/aromatic N) is 2. The van der Waals surface area contributed by atoms with Gasteiger partial charge in [-0.2, -0.15) is 0 Å². The Morgan fingerprint density at radius 3 is 2.35 bits per heavy atom. The third-order valence-electron chi connectivity index (χ3n) is 3.83. The summed E-state index contributed by atoms with van der Waals surface area (Å²) in [6.45, 7) is 4.06. The molecule has 0 spiro atoms. The molecule has 2 amide bonds. The third-order valence-corrected chi connectivity index (χ3v) is 5.51. The highest BCUT2D eigenvalue weighted by atomic mass is 127. The predicted octanol–water partition coefficient (Wildman–Crippen LogP) is 4.36. The largest absolute Gasteiger partial charge is 0.318 e. The molecular formula is C17H15IN2O2S. The second-order valence-corrected chi connectivity index (χ2v) is 7.62. The van der Waals surface area contributed by atoms with Crippen molar-refractivity contribution in [3.8, 4) is 5.69 Å². The van der Waals surface area contributed by atoms with E-state index in [1.807, 2.05) is 19.9 Å². The van der Waals surface area contributed by atoms with Crippen LogP contribution in [0.2, 0.25) is 0 Å². The molecule has 3 rings (SSSR count). The van der Waals surface area contributed by atoms with Crippen molar-refractivity contribution in [3.05, 3.63) is 55.8 Å². The minimum Gasteiger partial charge on any atom is -0.318 e. The standard InChI is InChI=1S/C17H15IN2O2S/c1-10-8-12(9-15-16(21)19(3)17(22)23-15)11(2)20(10)14-6-4-13(18)5-7-14/h4-9H,1-3H3/b15-9-. The van der Waals surface area contributed by atoms with Crippen molar-refractivity contribution in [1.82, 2.24) is 9.47 Å². The number of halogens is 1. The Kier molecular flexibility index (Phi) is 4.37. The van der Waals surface area contributed by atoms with Gasteiger partial charge in [-0.05, 0) is 90.2 Å². The summed E-state index contributed by atoms with van der Waals surface area (Å²) >= 11 is 3.27. The van der Waals surface area contributed by atoms with E-state index in [1.165, 1.54) is 10.6 Å². The van der Waals surface area contributed by atoms with Gasteiger partial charge in [0.2, 0.25) is 0 Å². The number of thioether (sulfide) groups is 1. The highest BCUT2D eigenvalue weighted by Crippen LogP contribution is 2.32. The first-order valence-corrected chi connectivity index (χ1v) is 8.94. The first-order valence-electron chi connectivity index (χ1n) is 7.05. The molecule has 0 saturated carbocycles. The Hall–Kier alpha value is -1.54. The second kappa shape index (κ2) is 6.16. The summed E-state index contributed by atoms with van der Waals surface area (Å²) in [6, 6.07) is 10.3. The number of imide groups is 1. The fourth-order valence-electron chi connectivity index (χ4n) is 2.61. The fourth-order valence-corrected chi connectivity index (χ4v) is 3.79. The number of carbonyl (C=O) groups is 2. The molecule has 0 atom stereocenters. The first-order chi connectivity index (χ1) is 10.9. The predicted molar refractivity (Wildman–Crippen MR) is 102 cm³/mol. The van der Waals surface area contributed by atoms with Crippen molar-refractivity contribution in [2.24, 2.45) is 0 Å². The smallest absolute Gasteiger partial charge is 0.293 e. The molecule has 1 aliphatic rings. The van der Waals surface area contributed by atoms with E-state index in [2.05, 4.69) is 51.4 Å². The van der Waals surface area contributed by atoms with Gasteiger partial charge in [0.25, 0.3) is 11.1 Å². The molecule has 6 heteroatoms. The molecule has 0 unspecified atom stereocenters. The van der Waals surface area contributed by atoms with Crippen molar-refractivity contribution in [2.45, 2.75) is 13.8 Å². The van der Waals surface area contributed by atoms with E-state index in [9.17, 15) is 9.59 Å². The van der Waals surface area contributed by atoms with Crippen LogP contribution in [0.3, 0.4) is 0 Å². The molecule has 1 aliphatic heterocycles. The van der Waals surface area contributed by atoms with E-state index in [0.29, 0.717) is 4.91 Å². The number of carbonyl (C=O) groups excluding carboxylic acids is 2. The number of aryl methyl sites for hydroxylation is 1. The molecule has 1 saturated heterocycles. The Labute approximate surface area is 152 Å². The molecule has 2 heterocycles. The van der Waals surface area contributed by atoms with Crippen LogP contribution in [0.25, 0.3) is 11.8 Å². The summed E-state index contributed by atoms with van der Waals surface area (Å²) in [5.41, 5.74) is 4.18. The Morgan fingerprint density at radius 1 is 1.13 bits per heavy atom. The number of amides is 2. The first kappa shape index (κ1) is 16.3. The van der Waals surface area contributed by atoms with E-state index in [4.69, 9.17) is 0 Å². The minimum absolute atomic E-state index is 0.229. The van der Waals surface area contributed by atoms with Gasteiger partial charge in [0.1, 0.15) is 0 Å². The molecule has 118 valence electrons. The highest BCUT2D eigenvalue weighted by Gasteiger charge is 2.32. The molecule has 0 N–H and O–H groups in total. The van der Waals surface area contributed by atoms with Gasteiger partial charge in [0.05, 0.1) is 4.91 Å². The molecule has 23 heavy (non-hydrogen) atoms. The maximum Gasteiger partial charge on any atom is 0.293 e. The summed E-state index contributed by atoms with van der Waals surface area (Å²) in [5.74, 6) is -0.237. The number of hydrogen-bond donors (Lipinski definition) is 0. The van der Waals surface area contributed by atoms with E-state index in [-0.39, 0.29) is 11.1 Å². The molecule has 0 aliphatic carbocycles. The number of benzene rings is 1. The molecule has 4 nitrogen and oxygen atoms in total. The maximum absolute atomic E-state index is 12.0. The lowest BCUT2D eigenvalue weighted by atomic mass is 10.2. The number of likely N-dealkylation sites (N-methyl/N-ethyl adjacent to an activating group) is 1. The monoisotopic (exact) mass is 438 g/mol. The van der Waals surface area contributed by atoms with Crippen LogP contribution in [0.5, 0.6) is 0 Å². The second-order valence-electron chi connectivity index (χ2n) is 5.38. The molecule has 1 aromatic heterocycles. The van der Waals surface area contributed by atoms with Crippen LogP contribution in [0.1, 0.15) is 17.0 Å². The maximum atomic E-state index is 12.0. The zero-order valence-corrected chi connectivity index (χ0v) is 15.9. The zero-order valence-electron chi connectivity index (χ0n) is 13.0. The van der Waals surface area contributed by atoms with Gasteiger partial charge in [0.15, 0.2) is 0 Å². The summed E-state index contributed by atoms with van der Waals surface area (Å²) < 4.78 is 3.34. The number of rotatable bonds is 2. The van der Waals surface area contributed by atoms with Crippen LogP contribution in [0.15, 0.2) is 35.2 Å². The summed E-state index contributed by atoms with van der Waals surface area (Å²) in [7, 11) is 1.51. The van der Waals surface area contributed by atoms with Gasteiger partial charge in [-0.15, -0.1) is 0 Å². The lowest BCUT2D eigenvalue weighted by molar-refractivity contribution is -0.121. The van der Waals surface area contributed by atoms with Gasteiger partial charge in [0, 0.05) is 27.7 Å². The summed E-state index contributed by atoms with van der Waals surface area (Å²) in [6.07, 6.45) is 1.81. The highest BCUT2D eigenvalue weighted by molar-refractivity contribution is 14.1. The molecule has 0 radical (unpaired) electrons. The van der Waals surface area contributed by atoms with Crippen LogP contribution in [-0.2, 0) is 4.79 Å². The van der Waals surface area contributed by atoms with Crippen LogP contribution in [0.4, 0.5) is 4.79 Å². The van der Waals surface area contributed by atoms with Crippen molar-refractivity contribution >= 4 is 51.6 Å². The number of aromatic nitrogens is 1. The van der Waals surface area contributed by atoms with E-state index in [1.54, 1.807) is 6.08 Å². The normalized spacial score (nSPS) is 16.7. The quantitative estimate of drug-likeness (QED) is 0.517. The molecule has 0 bridgehead atoms. The lowest BCUT2D eigenvalue weighted by Gasteiger charge is -2.09. The van der Waals surface area contributed by atoms with Crippen molar-refractivity contribution < 1.29 is 9.59 Å². The van der Waals surface area contributed by atoms with Gasteiger partial charge < -0.3 is 4.57 Å². The van der Waals surface area contributed by atoms with Crippen molar-refractivity contribution in [2.75, 3.05) is 7.05 Å². The third kappa shape index (κ3) is 2.97. The average molecular weight is 438 g/mol. The Bertz CT molecular complexity index is 837. The van der Waals surface area contributed by atoms with Crippen molar-refractivity contribution in [3.63, 3.8) is 0 Å². The minimum atomic E-state index is -0.237. The van der Waals surface area contributed by atoms with Crippen molar-refractivity contribution in [1.29, 1.82) is 0 Å². The molecule has 1 fully saturated rings. The SMILES string of the molecule is Cc1cc(/C=C2\SC(=O)N(C)C2=O)c(C)n1-c1ccc(I)cc1. The molecule has 1 aromatic carbocycles. The van der Waals surface area contributed by atoms with Crippen LogP contribution >= 0.6 is 34.4 Å². The fraction of sp³-hybridized carbons (Fsp3) is 0.176. The Morgan fingerprint density at radius 2 is 1.78 bits per heavy atom. The summed E-state index contributed by atoms with van der Waals surface area (Å²) in [4.78, 5) is 25.3. The van der Waals surface area contributed by atoms with E-state index >= 15 is 0 Å². The van der Waals surface area contributed by atoms with Crippen LogP contribution < -0.4 is 0 Å². The Balaban J connectivity index is 2.03. The summed E-state index contributed by atoms with van der Waals surface area (Å²) in [5, 5.41) is -0.229. The zero-order chi connectivity index (χ0) is 16.7. The molecular weight excluding hydrogens is 423 g/mol. The van der Waals surface area contributed by atoms with Gasteiger partial charge in [-0.3, -0.25) is 14.5 Å². The van der Waals surface area contributed by atoms with Gasteiger partial charge >= 0.3 is 0 Å². The molecule has 2 aromatic rings. The van der Waals surface area contributed by atoms with Gasteiger partial charge in [-0.1, -0.05) is 0 Å². The van der Waals surface area contributed by atoms with Crippen LogP contribution in [0, 0.1) is 17.4 Å². The number of hydrogen-bond acceptors (Lipinski definition) is 3. The van der Waals surface area contributed by atoms with Crippen LogP contribution in [-0.4, -0.2) is 27.7 Å².